The molecule has 21 heavy (non-hydrogen) atoms. The fourth-order valence-electron chi connectivity index (χ4n) is 1.79. The van der Waals surface area contributed by atoms with Gasteiger partial charge in [-0.3, -0.25) is 4.79 Å². The van der Waals surface area contributed by atoms with Crippen LogP contribution in [-0.2, 0) is 11.3 Å². The van der Waals surface area contributed by atoms with Gasteiger partial charge in [-0.05, 0) is 12.5 Å². The van der Waals surface area contributed by atoms with E-state index in [0.717, 1.165) is 6.42 Å². The number of rotatable bonds is 7. The lowest BCUT2D eigenvalue weighted by Crippen LogP contribution is -2.25. The third-order valence-corrected chi connectivity index (χ3v) is 2.87. The summed E-state index contributed by atoms with van der Waals surface area (Å²) in [5.74, 6) is -0.607. The zero-order chi connectivity index (χ0) is 15.1. The number of halogens is 1. The average molecular weight is 292 g/mol. The van der Waals surface area contributed by atoms with Gasteiger partial charge in [-0.25, -0.2) is 9.07 Å². The molecule has 0 radical (unpaired) electrons. The van der Waals surface area contributed by atoms with Crippen LogP contribution in [0.1, 0.15) is 22.5 Å². The Hall–Kier alpha value is -2.28. The second kappa shape index (κ2) is 7.49. The minimum atomic E-state index is -0.307. The Balaban J connectivity index is 1.92. The van der Waals surface area contributed by atoms with Gasteiger partial charge in [0.25, 0.3) is 5.91 Å². The van der Waals surface area contributed by atoms with Crippen molar-refractivity contribution in [2.75, 3.05) is 20.3 Å². The number of nitrogens with zero attached hydrogens (tertiary/aromatic N) is 3. The van der Waals surface area contributed by atoms with Crippen LogP contribution in [0.4, 0.5) is 4.39 Å². The van der Waals surface area contributed by atoms with E-state index in [0.29, 0.717) is 18.7 Å². The van der Waals surface area contributed by atoms with Crippen molar-refractivity contribution in [2.45, 2.75) is 13.0 Å². The first-order chi connectivity index (χ1) is 10.2. The van der Waals surface area contributed by atoms with Crippen LogP contribution in [0, 0.1) is 5.82 Å². The van der Waals surface area contributed by atoms with Gasteiger partial charge >= 0.3 is 0 Å². The number of benzene rings is 1. The maximum Gasteiger partial charge on any atom is 0.273 e. The smallest absolute Gasteiger partial charge is 0.273 e. The predicted octanol–water partition coefficient (Wildman–Crippen LogP) is 1.23. The largest absolute Gasteiger partial charge is 0.385 e. The Bertz CT molecular complexity index is 600. The lowest BCUT2D eigenvalue weighted by atomic mass is 10.2. The van der Waals surface area contributed by atoms with E-state index in [1.165, 1.54) is 16.9 Å². The number of carbonyl (C=O) groups excluding carboxylic acids is 1. The second-order valence-electron chi connectivity index (χ2n) is 4.50. The van der Waals surface area contributed by atoms with E-state index in [1.807, 2.05) is 0 Å². The monoisotopic (exact) mass is 292 g/mol. The summed E-state index contributed by atoms with van der Waals surface area (Å²) in [6.07, 6.45) is 2.23. The molecule has 1 aromatic carbocycles. The van der Waals surface area contributed by atoms with Gasteiger partial charge in [0.05, 0.1) is 12.7 Å². The van der Waals surface area contributed by atoms with Gasteiger partial charge in [0.15, 0.2) is 5.69 Å². The van der Waals surface area contributed by atoms with Crippen molar-refractivity contribution in [2.24, 2.45) is 0 Å². The Morgan fingerprint density at radius 3 is 3.00 bits per heavy atom. The highest BCUT2D eigenvalue weighted by Crippen LogP contribution is 2.08. The highest BCUT2D eigenvalue weighted by molar-refractivity contribution is 5.91. The van der Waals surface area contributed by atoms with Crippen LogP contribution < -0.4 is 5.32 Å². The maximum atomic E-state index is 13.5. The van der Waals surface area contributed by atoms with Gasteiger partial charge in [-0.15, -0.1) is 5.10 Å². The molecule has 0 atom stereocenters. The molecule has 1 N–H and O–H groups in total. The third kappa shape index (κ3) is 4.35. The Labute approximate surface area is 121 Å². The highest BCUT2D eigenvalue weighted by atomic mass is 19.1. The molecule has 6 nitrogen and oxygen atoms in total. The Morgan fingerprint density at radius 2 is 2.24 bits per heavy atom. The molecule has 1 aromatic heterocycles. The fourth-order valence-corrected chi connectivity index (χ4v) is 1.79. The molecule has 1 heterocycles. The summed E-state index contributed by atoms with van der Waals surface area (Å²) in [4.78, 5) is 11.8. The Morgan fingerprint density at radius 1 is 1.43 bits per heavy atom. The molecule has 7 heteroatoms. The van der Waals surface area contributed by atoms with Gasteiger partial charge in [0, 0.05) is 25.8 Å². The van der Waals surface area contributed by atoms with Gasteiger partial charge in [0.1, 0.15) is 5.82 Å². The number of amides is 1. The van der Waals surface area contributed by atoms with Crippen molar-refractivity contribution in [3.63, 3.8) is 0 Å². The van der Waals surface area contributed by atoms with Crippen LogP contribution in [0.15, 0.2) is 30.5 Å². The molecule has 0 spiro atoms. The van der Waals surface area contributed by atoms with Crippen molar-refractivity contribution in [3.05, 3.63) is 47.5 Å². The van der Waals surface area contributed by atoms with Crippen LogP contribution in [0.2, 0.25) is 0 Å². The third-order valence-electron chi connectivity index (χ3n) is 2.87. The SMILES string of the molecule is COCCCNC(=O)c1cn(Cc2ccccc2F)nn1. The van der Waals surface area contributed by atoms with Crippen molar-refractivity contribution in [1.82, 2.24) is 20.3 Å². The fraction of sp³-hybridized carbons (Fsp3) is 0.357. The summed E-state index contributed by atoms with van der Waals surface area (Å²) in [7, 11) is 1.61. The van der Waals surface area contributed by atoms with Gasteiger partial charge in [0.2, 0.25) is 0 Å². The van der Waals surface area contributed by atoms with E-state index >= 15 is 0 Å². The van der Waals surface area contributed by atoms with Crippen molar-refractivity contribution in [3.8, 4) is 0 Å². The van der Waals surface area contributed by atoms with E-state index in [4.69, 9.17) is 4.74 Å². The molecule has 0 aliphatic heterocycles. The molecule has 1 amide bonds. The van der Waals surface area contributed by atoms with E-state index in [-0.39, 0.29) is 24.0 Å². The lowest BCUT2D eigenvalue weighted by molar-refractivity contribution is 0.0943. The van der Waals surface area contributed by atoms with Crippen molar-refractivity contribution in [1.29, 1.82) is 0 Å². The van der Waals surface area contributed by atoms with Crippen molar-refractivity contribution >= 4 is 5.91 Å². The second-order valence-corrected chi connectivity index (χ2v) is 4.50. The van der Waals surface area contributed by atoms with Crippen LogP contribution in [-0.4, -0.2) is 41.2 Å². The molecule has 112 valence electrons. The first-order valence-electron chi connectivity index (χ1n) is 6.61. The minimum absolute atomic E-state index is 0.212. The molecule has 0 aliphatic rings. The van der Waals surface area contributed by atoms with Crippen LogP contribution in [0.3, 0.4) is 0 Å². The summed E-state index contributed by atoms with van der Waals surface area (Å²) >= 11 is 0. The molecule has 0 bridgehead atoms. The molecule has 0 aliphatic carbocycles. The average Bonchev–Trinajstić information content (AvgIpc) is 2.94. The zero-order valence-corrected chi connectivity index (χ0v) is 11.8. The number of hydrogen-bond acceptors (Lipinski definition) is 4. The van der Waals surface area contributed by atoms with Crippen molar-refractivity contribution < 1.29 is 13.9 Å². The Kier molecular flexibility index (Phi) is 5.39. The van der Waals surface area contributed by atoms with Crippen LogP contribution in [0.5, 0.6) is 0 Å². The number of methoxy groups -OCH3 is 1. The van der Waals surface area contributed by atoms with Crippen LogP contribution >= 0.6 is 0 Å². The predicted molar refractivity (Wildman–Crippen MR) is 74.4 cm³/mol. The molecule has 2 aromatic rings. The topological polar surface area (TPSA) is 69.0 Å². The van der Waals surface area contributed by atoms with Gasteiger partial charge in [-0.2, -0.15) is 0 Å². The summed E-state index contributed by atoms with van der Waals surface area (Å²) in [5, 5.41) is 10.3. The normalized spacial score (nSPS) is 10.6. The van der Waals surface area contributed by atoms with E-state index in [2.05, 4.69) is 15.6 Å². The lowest BCUT2D eigenvalue weighted by Gasteiger charge is -2.02. The maximum absolute atomic E-state index is 13.5. The molecule has 0 unspecified atom stereocenters. The molecular formula is C14H17FN4O2. The summed E-state index contributed by atoms with van der Waals surface area (Å²) in [6.45, 7) is 1.32. The number of hydrogen-bond donors (Lipinski definition) is 1. The quantitative estimate of drug-likeness (QED) is 0.779. The molecule has 2 rings (SSSR count). The number of aromatic nitrogens is 3. The number of nitrogens with one attached hydrogen (secondary N) is 1. The summed E-state index contributed by atoms with van der Waals surface area (Å²) in [6, 6.07) is 6.43. The summed E-state index contributed by atoms with van der Waals surface area (Å²) < 4.78 is 19.9. The molecular weight excluding hydrogens is 275 g/mol. The van der Waals surface area contributed by atoms with Gasteiger partial charge < -0.3 is 10.1 Å². The first kappa shape index (κ1) is 15.1. The standard InChI is InChI=1S/C14H17FN4O2/c1-21-8-4-7-16-14(20)13-10-19(18-17-13)9-11-5-2-3-6-12(11)15/h2-3,5-6,10H,4,7-9H2,1H3,(H,16,20). The zero-order valence-electron chi connectivity index (χ0n) is 11.8. The van der Waals surface area contributed by atoms with E-state index in [1.54, 1.807) is 25.3 Å². The first-order valence-corrected chi connectivity index (χ1v) is 6.61. The number of ether oxygens (including phenoxy) is 1. The molecule has 0 saturated carbocycles. The van der Waals surface area contributed by atoms with Crippen LogP contribution in [0.25, 0.3) is 0 Å². The highest BCUT2D eigenvalue weighted by Gasteiger charge is 2.11. The molecule has 0 saturated heterocycles. The minimum Gasteiger partial charge on any atom is -0.385 e. The molecule has 0 fully saturated rings. The summed E-state index contributed by atoms with van der Waals surface area (Å²) in [5.41, 5.74) is 0.707. The number of carbonyl (C=O) groups is 1. The van der Waals surface area contributed by atoms with E-state index in [9.17, 15) is 9.18 Å². The van der Waals surface area contributed by atoms with Gasteiger partial charge in [-0.1, -0.05) is 23.4 Å². The van der Waals surface area contributed by atoms with E-state index < -0.39 is 0 Å².